The van der Waals surface area contributed by atoms with Gasteiger partial charge in [-0.3, -0.25) is 9.59 Å². The lowest BCUT2D eigenvalue weighted by molar-refractivity contribution is -0.152. The topological polar surface area (TPSA) is 93.1 Å². The van der Waals surface area contributed by atoms with Crippen molar-refractivity contribution in [3.05, 3.63) is 60.8 Å². The van der Waals surface area contributed by atoms with Crippen LogP contribution in [-0.2, 0) is 19.1 Å². The van der Waals surface area contributed by atoms with E-state index in [2.05, 4.69) is 39.0 Å². The zero-order valence-electron chi connectivity index (χ0n) is 28.2. The Hall–Kier alpha value is -2.44. The molecule has 0 aliphatic carbocycles. The average molecular weight is 617 g/mol. The normalized spacial score (nSPS) is 14.4. The first-order chi connectivity index (χ1) is 21.4. The Bertz CT molecular complexity index is 825. The second-order valence-electron chi connectivity index (χ2n) is 11.7. The van der Waals surface area contributed by atoms with Gasteiger partial charge >= 0.3 is 11.9 Å². The van der Waals surface area contributed by atoms with Gasteiger partial charge in [-0.15, -0.1) is 0 Å². The Kier molecular flexibility index (Phi) is 30.2. The zero-order valence-corrected chi connectivity index (χ0v) is 28.2. The summed E-state index contributed by atoms with van der Waals surface area (Å²) in [4.78, 5) is 23.8. The fourth-order valence-electron chi connectivity index (χ4n) is 4.36. The predicted octanol–water partition coefficient (Wildman–Crippen LogP) is 9.27. The molecule has 6 heteroatoms. The van der Waals surface area contributed by atoms with Crippen LogP contribution in [0.1, 0.15) is 136 Å². The highest BCUT2D eigenvalue weighted by atomic mass is 16.6. The van der Waals surface area contributed by atoms with Crippen molar-refractivity contribution in [1.82, 2.24) is 0 Å². The van der Waals surface area contributed by atoms with Crippen LogP contribution in [0.25, 0.3) is 0 Å². The lowest BCUT2D eigenvalue weighted by Gasteiger charge is -2.12. The fourth-order valence-corrected chi connectivity index (χ4v) is 4.36. The quantitative estimate of drug-likeness (QED) is 0.0377. The summed E-state index contributed by atoms with van der Waals surface area (Å²) in [5.41, 5.74) is 0. The van der Waals surface area contributed by atoms with E-state index in [1.807, 2.05) is 36.5 Å². The van der Waals surface area contributed by atoms with Crippen molar-refractivity contribution in [2.45, 2.75) is 149 Å². The molecule has 0 heterocycles. The predicted molar refractivity (Wildman–Crippen MR) is 183 cm³/mol. The first kappa shape index (κ1) is 41.6. The molecular formula is C38H64O6. The Labute approximate surface area is 269 Å². The van der Waals surface area contributed by atoms with E-state index in [1.54, 1.807) is 6.08 Å². The van der Waals surface area contributed by atoms with Crippen molar-refractivity contribution in [2.75, 3.05) is 13.2 Å². The third-order valence-electron chi connectivity index (χ3n) is 7.39. The van der Waals surface area contributed by atoms with E-state index in [0.29, 0.717) is 19.3 Å². The molecule has 2 N–H and O–H groups in total. The monoisotopic (exact) mass is 616 g/mol. The molecule has 0 bridgehead atoms. The van der Waals surface area contributed by atoms with Crippen molar-refractivity contribution in [3.8, 4) is 0 Å². The molecule has 0 saturated heterocycles. The first-order valence-corrected chi connectivity index (χ1v) is 17.3. The molecule has 0 fully saturated rings. The molecule has 3 atom stereocenters. The van der Waals surface area contributed by atoms with E-state index in [-0.39, 0.29) is 31.6 Å². The molecule has 0 aliphatic heterocycles. The van der Waals surface area contributed by atoms with E-state index in [0.717, 1.165) is 50.9 Å². The summed E-state index contributed by atoms with van der Waals surface area (Å²) in [6.45, 7) is 6.37. The number of unbranched alkanes of at least 4 members (excludes halogenated alkanes) is 8. The Balaban J connectivity index is 3.67. The van der Waals surface area contributed by atoms with Crippen LogP contribution in [0.4, 0.5) is 0 Å². The summed E-state index contributed by atoms with van der Waals surface area (Å²) in [6.07, 6.45) is 35.9. The highest BCUT2D eigenvalue weighted by molar-refractivity contribution is 5.69. The molecule has 6 nitrogen and oxygen atoms in total. The molecule has 0 amide bonds. The second-order valence-corrected chi connectivity index (χ2v) is 11.7. The van der Waals surface area contributed by atoms with E-state index in [4.69, 9.17) is 9.47 Å². The average Bonchev–Trinajstić information content (AvgIpc) is 3.02. The number of aliphatic hydroxyl groups is 2. The van der Waals surface area contributed by atoms with Crippen LogP contribution in [-0.4, -0.2) is 47.6 Å². The van der Waals surface area contributed by atoms with Crippen molar-refractivity contribution in [1.29, 1.82) is 0 Å². The third kappa shape index (κ3) is 31.0. The number of hydrogen-bond acceptors (Lipinski definition) is 6. The Morgan fingerprint density at radius 2 is 1.23 bits per heavy atom. The van der Waals surface area contributed by atoms with Crippen molar-refractivity contribution in [2.24, 2.45) is 5.92 Å². The highest BCUT2D eigenvalue weighted by Crippen LogP contribution is 2.15. The molecule has 0 spiro atoms. The summed E-state index contributed by atoms with van der Waals surface area (Å²) >= 11 is 0. The number of carbonyl (C=O) groups excluding carboxylic acids is 2. The fraction of sp³-hybridized carbons (Fsp3) is 0.684. The van der Waals surface area contributed by atoms with Crippen LogP contribution in [0.3, 0.4) is 0 Å². The van der Waals surface area contributed by atoms with E-state index >= 15 is 0 Å². The lowest BCUT2D eigenvalue weighted by Crippen LogP contribution is -2.25. The van der Waals surface area contributed by atoms with Crippen LogP contribution in [0.5, 0.6) is 0 Å². The summed E-state index contributed by atoms with van der Waals surface area (Å²) in [6, 6.07) is 0. The van der Waals surface area contributed by atoms with Gasteiger partial charge in [-0.1, -0.05) is 139 Å². The van der Waals surface area contributed by atoms with Gasteiger partial charge in [-0.2, -0.15) is 0 Å². The zero-order chi connectivity index (χ0) is 32.5. The summed E-state index contributed by atoms with van der Waals surface area (Å²) in [7, 11) is 0. The first-order valence-electron chi connectivity index (χ1n) is 17.3. The molecule has 0 aromatic heterocycles. The van der Waals surface area contributed by atoms with Gasteiger partial charge in [0.25, 0.3) is 0 Å². The largest absolute Gasteiger partial charge is 0.463 e. The number of ether oxygens (including phenoxy) is 2. The molecule has 0 aromatic carbocycles. The summed E-state index contributed by atoms with van der Waals surface area (Å²) < 4.78 is 10.2. The van der Waals surface area contributed by atoms with E-state index in [9.17, 15) is 19.8 Å². The van der Waals surface area contributed by atoms with Gasteiger partial charge in [0.05, 0.1) is 6.10 Å². The Morgan fingerprint density at radius 1 is 0.659 bits per heavy atom. The van der Waals surface area contributed by atoms with Gasteiger partial charge in [0.2, 0.25) is 0 Å². The van der Waals surface area contributed by atoms with Gasteiger partial charge in [-0.05, 0) is 50.9 Å². The second kappa shape index (κ2) is 32.0. The molecule has 252 valence electrons. The molecule has 0 radical (unpaired) electrons. The number of allylic oxidation sites excluding steroid dienone is 8. The van der Waals surface area contributed by atoms with Gasteiger partial charge in [0, 0.05) is 12.8 Å². The van der Waals surface area contributed by atoms with Crippen LogP contribution in [0.2, 0.25) is 0 Å². The maximum atomic E-state index is 11.9. The minimum absolute atomic E-state index is 0.152. The number of hydrogen-bond donors (Lipinski definition) is 2. The minimum atomic E-state index is -1.01. The Morgan fingerprint density at radius 3 is 1.89 bits per heavy atom. The molecule has 0 rings (SSSR count). The molecule has 2 unspecified atom stereocenters. The summed E-state index contributed by atoms with van der Waals surface area (Å²) in [5, 5.41) is 19.9. The molecule has 0 saturated carbocycles. The van der Waals surface area contributed by atoms with Gasteiger partial charge in [-0.25, -0.2) is 0 Å². The van der Waals surface area contributed by atoms with Crippen molar-refractivity contribution >= 4 is 11.9 Å². The number of esters is 2. The van der Waals surface area contributed by atoms with Crippen LogP contribution in [0.15, 0.2) is 60.8 Å². The van der Waals surface area contributed by atoms with E-state index in [1.165, 1.54) is 44.9 Å². The smallest absolute Gasteiger partial charge is 0.305 e. The highest BCUT2D eigenvalue weighted by Gasteiger charge is 2.12. The molecular weight excluding hydrogens is 552 g/mol. The van der Waals surface area contributed by atoms with Gasteiger partial charge in [0.1, 0.15) is 19.3 Å². The standard InChI is InChI=1S/C38H64O6/c1-4-6-7-8-18-23-28-35(39)29-24-19-14-10-12-16-21-26-31-38(42)44-33-36(40)32-43-37(41)30-25-20-15-11-9-13-17-22-27-34(3)5-2/h6-7,12,14,16,18-19,23-24,29,34-36,39-40H,4-5,8-11,13,15,17,20-22,25-28,30-33H2,1-3H3/b7-6-,16-12-,19-14-,23-18-,29-24+/t34?,35?,36-/m1/s1. The van der Waals surface area contributed by atoms with Gasteiger partial charge < -0.3 is 19.7 Å². The molecule has 44 heavy (non-hydrogen) atoms. The third-order valence-corrected chi connectivity index (χ3v) is 7.39. The lowest BCUT2D eigenvalue weighted by atomic mass is 9.99. The maximum absolute atomic E-state index is 11.9. The maximum Gasteiger partial charge on any atom is 0.305 e. The molecule has 0 aliphatic rings. The molecule has 0 aromatic rings. The van der Waals surface area contributed by atoms with Crippen molar-refractivity contribution in [3.63, 3.8) is 0 Å². The number of rotatable bonds is 29. The van der Waals surface area contributed by atoms with Crippen LogP contribution in [0, 0.1) is 5.92 Å². The summed E-state index contributed by atoms with van der Waals surface area (Å²) in [5.74, 6) is 0.173. The van der Waals surface area contributed by atoms with Crippen LogP contribution < -0.4 is 0 Å². The van der Waals surface area contributed by atoms with E-state index < -0.39 is 12.2 Å². The minimum Gasteiger partial charge on any atom is -0.463 e. The van der Waals surface area contributed by atoms with Crippen molar-refractivity contribution < 1.29 is 29.3 Å². The SMILES string of the molecule is CC/C=C\C/C=C\CC(O)/C=C/C=C\C/C=C\CCCC(=O)OC[C@H](O)COC(=O)CCCCCCCCCCC(C)CC. The number of carbonyl (C=O) groups is 2. The van der Waals surface area contributed by atoms with Gasteiger partial charge in [0.15, 0.2) is 0 Å². The van der Waals surface area contributed by atoms with Crippen LogP contribution >= 0.6 is 0 Å². The number of aliphatic hydroxyl groups excluding tert-OH is 2.